The Morgan fingerprint density at radius 2 is 2.14 bits per heavy atom. The number of carboxylic acids is 1. The van der Waals surface area contributed by atoms with Gasteiger partial charge in [0.2, 0.25) is 5.43 Å². The van der Waals surface area contributed by atoms with Crippen LogP contribution >= 0.6 is 34.5 Å². The van der Waals surface area contributed by atoms with Gasteiger partial charge in [0.05, 0.1) is 10.4 Å². The highest BCUT2D eigenvalue weighted by Gasteiger charge is 2.19. The molecule has 0 radical (unpaired) electrons. The summed E-state index contributed by atoms with van der Waals surface area (Å²) < 4.78 is 1.39. The van der Waals surface area contributed by atoms with Crippen molar-refractivity contribution in [1.82, 2.24) is 14.5 Å². The molecule has 106 valence electrons. The van der Waals surface area contributed by atoms with E-state index in [1.807, 2.05) is 0 Å². The molecule has 0 spiro atoms. The van der Waals surface area contributed by atoms with Gasteiger partial charge in [0.1, 0.15) is 10.7 Å². The Morgan fingerprint density at radius 1 is 1.38 bits per heavy atom. The Labute approximate surface area is 131 Å². The van der Waals surface area contributed by atoms with E-state index in [0.717, 1.165) is 0 Å². The molecule has 3 aromatic rings. The van der Waals surface area contributed by atoms with E-state index < -0.39 is 17.0 Å². The fraction of sp³-hybridized carbons (Fsp3) is 0. The molecule has 0 aliphatic rings. The van der Waals surface area contributed by atoms with Gasteiger partial charge in [-0.2, -0.15) is 0 Å². The van der Waals surface area contributed by atoms with Crippen molar-refractivity contribution in [3.8, 4) is 5.13 Å². The number of carboxylic acid groups (broad SMARTS) is 1. The van der Waals surface area contributed by atoms with E-state index in [2.05, 4.69) is 9.97 Å². The molecule has 0 aliphatic carbocycles. The fourth-order valence-corrected chi connectivity index (χ4v) is 3.01. The minimum absolute atomic E-state index is 0.00355. The lowest BCUT2D eigenvalue weighted by molar-refractivity contribution is 0.0695. The summed E-state index contributed by atoms with van der Waals surface area (Å²) in [4.78, 5) is 31.6. The van der Waals surface area contributed by atoms with Crippen LogP contribution in [0.5, 0.6) is 0 Å². The second-order valence-corrected chi connectivity index (χ2v) is 5.65. The van der Waals surface area contributed by atoms with Gasteiger partial charge < -0.3 is 5.11 Å². The molecule has 3 aromatic heterocycles. The zero-order valence-electron chi connectivity index (χ0n) is 10.1. The first kappa shape index (κ1) is 14.0. The topological polar surface area (TPSA) is 85.1 Å². The number of carbonyl (C=O) groups is 1. The SMILES string of the molecule is O=C(O)c1cn(-c2nccs2)c2nc(Cl)cc(Cl)c2c1=O. The molecule has 3 heterocycles. The molecule has 3 rings (SSSR count). The Morgan fingerprint density at radius 3 is 2.76 bits per heavy atom. The third kappa shape index (κ3) is 2.29. The zero-order valence-corrected chi connectivity index (χ0v) is 12.4. The van der Waals surface area contributed by atoms with E-state index >= 15 is 0 Å². The standard InChI is InChI=1S/C12H5Cl2N3O3S/c13-6-3-7(14)16-10-8(6)9(18)5(11(19)20)4-17(10)12-15-1-2-21-12/h1-4H,(H,19,20). The van der Waals surface area contributed by atoms with Crippen LogP contribution in [0.1, 0.15) is 10.4 Å². The van der Waals surface area contributed by atoms with Crippen molar-refractivity contribution in [2.75, 3.05) is 0 Å². The highest BCUT2D eigenvalue weighted by atomic mass is 35.5. The molecule has 0 fully saturated rings. The van der Waals surface area contributed by atoms with Crippen molar-refractivity contribution in [1.29, 1.82) is 0 Å². The van der Waals surface area contributed by atoms with Gasteiger partial charge in [0.15, 0.2) is 10.8 Å². The quantitative estimate of drug-likeness (QED) is 0.724. The second-order valence-electron chi connectivity index (χ2n) is 3.99. The van der Waals surface area contributed by atoms with Gasteiger partial charge >= 0.3 is 5.97 Å². The van der Waals surface area contributed by atoms with Gasteiger partial charge in [-0.25, -0.2) is 14.8 Å². The van der Waals surface area contributed by atoms with Crippen molar-refractivity contribution in [2.24, 2.45) is 0 Å². The van der Waals surface area contributed by atoms with Crippen molar-refractivity contribution < 1.29 is 9.90 Å². The van der Waals surface area contributed by atoms with E-state index in [1.165, 1.54) is 28.2 Å². The van der Waals surface area contributed by atoms with E-state index in [0.29, 0.717) is 5.13 Å². The number of hydrogen-bond donors (Lipinski definition) is 1. The van der Waals surface area contributed by atoms with Crippen LogP contribution in [0.25, 0.3) is 16.2 Å². The van der Waals surface area contributed by atoms with Gasteiger partial charge in [0.25, 0.3) is 0 Å². The van der Waals surface area contributed by atoms with Crippen LogP contribution in [0.2, 0.25) is 10.2 Å². The largest absolute Gasteiger partial charge is 0.477 e. The van der Waals surface area contributed by atoms with E-state index in [9.17, 15) is 14.7 Å². The predicted molar refractivity (Wildman–Crippen MR) is 80.0 cm³/mol. The molecule has 0 saturated heterocycles. The number of aromatic nitrogens is 3. The number of pyridine rings is 2. The maximum atomic E-state index is 12.2. The van der Waals surface area contributed by atoms with E-state index in [4.69, 9.17) is 23.2 Å². The fourth-order valence-electron chi connectivity index (χ4n) is 1.87. The molecular weight excluding hydrogens is 337 g/mol. The summed E-state index contributed by atoms with van der Waals surface area (Å²) in [6.45, 7) is 0. The van der Waals surface area contributed by atoms with Gasteiger partial charge in [0, 0.05) is 17.8 Å². The van der Waals surface area contributed by atoms with Gasteiger partial charge in [-0.3, -0.25) is 9.36 Å². The first-order chi connectivity index (χ1) is 9.99. The minimum Gasteiger partial charge on any atom is -0.477 e. The summed E-state index contributed by atoms with van der Waals surface area (Å²) in [5.74, 6) is -1.35. The molecule has 1 N–H and O–H groups in total. The number of rotatable bonds is 2. The molecule has 6 nitrogen and oxygen atoms in total. The normalized spacial score (nSPS) is 11.0. The lowest BCUT2D eigenvalue weighted by Crippen LogP contribution is -2.19. The maximum Gasteiger partial charge on any atom is 0.341 e. The third-order valence-electron chi connectivity index (χ3n) is 2.73. The van der Waals surface area contributed by atoms with Crippen LogP contribution in [-0.2, 0) is 0 Å². The van der Waals surface area contributed by atoms with Gasteiger partial charge in [-0.15, -0.1) is 11.3 Å². The number of fused-ring (bicyclic) bond motifs is 1. The second kappa shape index (κ2) is 5.10. The summed E-state index contributed by atoms with van der Waals surface area (Å²) in [5, 5.41) is 11.5. The molecule has 0 saturated carbocycles. The van der Waals surface area contributed by atoms with E-state index in [-0.39, 0.29) is 21.2 Å². The summed E-state index contributed by atoms with van der Waals surface area (Å²) >= 11 is 13.2. The molecule has 0 bridgehead atoms. The maximum absolute atomic E-state index is 12.2. The summed E-state index contributed by atoms with van der Waals surface area (Å²) in [7, 11) is 0. The Kier molecular flexibility index (Phi) is 3.40. The number of thiazole rings is 1. The van der Waals surface area contributed by atoms with Crippen molar-refractivity contribution >= 4 is 51.5 Å². The number of aromatic carboxylic acids is 1. The van der Waals surface area contributed by atoms with Crippen molar-refractivity contribution in [2.45, 2.75) is 0 Å². The average Bonchev–Trinajstić information content (AvgIpc) is 2.91. The summed E-state index contributed by atoms with van der Waals surface area (Å²) in [6.07, 6.45) is 2.72. The van der Waals surface area contributed by atoms with Crippen LogP contribution < -0.4 is 5.43 Å². The lowest BCUT2D eigenvalue weighted by Gasteiger charge is -2.09. The number of halogens is 2. The molecule has 0 aliphatic heterocycles. The molecule has 21 heavy (non-hydrogen) atoms. The van der Waals surface area contributed by atoms with Crippen LogP contribution in [0.3, 0.4) is 0 Å². The molecule has 0 atom stereocenters. The molecular formula is C12H5Cl2N3O3S. The van der Waals surface area contributed by atoms with E-state index in [1.54, 1.807) is 11.6 Å². The molecule has 0 amide bonds. The monoisotopic (exact) mass is 341 g/mol. The highest BCUT2D eigenvalue weighted by molar-refractivity contribution is 7.12. The van der Waals surface area contributed by atoms with Crippen LogP contribution in [0.15, 0.2) is 28.6 Å². The lowest BCUT2D eigenvalue weighted by atomic mass is 10.2. The molecule has 0 aromatic carbocycles. The summed E-state index contributed by atoms with van der Waals surface area (Å²) in [5.41, 5.74) is -0.958. The number of hydrogen-bond acceptors (Lipinski definition) is 5. The Balaban J connectivity index is 2.55. The first-order valence-electron chi connectivity index (χ1n) is 5.53. The minimum atomic E-state index is -1.35. The predicted octanol–water partition coefficient (Wildman–Crippen LogP) is 2.85. The highest BCUT2D eigenvalue weighted by Crippen LogP contribution is 2.25. The van der Waals surface area contributed by atoms with Crippen molar-refractivity contribution in [3.05, 3.63) is 49.8 Å². The van der Waals surface area contributed by atoms with Gasteiger partial charge in [-0.1, -0.05) is 23.2 Å². The molecule has 0 unspecified atom stereocenters. The van der Waals surface area contributed by atoms with Crippen LogP contribution in [-0.4, -0.2) is 25.6 Å². The average molecular weight is 342 g/mol. The summed E-state index contributed by atoms with van der Waals surface area (Å²) in [6, 6.07) is 1.30. The molecule has 9 heteroatoms. The van der Waals surface area contributed by atoms with Crippen LogP contribution in [0.4, 0.5) is 0 Å². The van der Waals surface area contributed by atoms with Gasteiger partial charge in [-0.05, 0) is 6.07 Å². The Hall–Kier alpha value is -1.96. The van der Waals surface area contributed by atoms with Crippen LogP contribution in [0, 0.1) is 0 Å². The van der Waals surface area contributed by atoms with Crippen molar-refractivity contribution in [3.63, 3.8) is 0 Å². The smallest absolute Gasteiger partial charge is 0.341 e. The number of nitrogens with zero attached hydrogens (tertiary/aromatic N) is 3. The third-order valence-corrected chi connectivity index (χ3v) is 4.00. The zero-order chi connectivity index (χ0) is 15.1. The first-order valence-corrected chi connectivity index (χ1v) is 7.17. The Bertz CT molecular complexity index is 922.